The van der Waals surface area contributed by atoms with Crippen LogP contribution in [0.3, 0.4) is 0 Å². The van der Waals surface area contributed by atoms with Crippen molar-refractivity contribution in [3.8, 4) is 28.6 Å². The zero-order valence-electron chi connectivity index (χ0n) is 17.9. The monoisotopic (exact) mass is 538 g/mol. The Morgan fingerprint density at radius 1 is 1.24 bits per heavy atom. The number of benzene rings is 2. The Kier molecular flexibility index (Phi) is 7.55. The highest BCUT2D eigenvalue weighted by atomic mass is 79.9. The minimum Gasteiger partial charge on any atom is -0.504 e. The number of hydrogen-bond acceptors (Lipinski definition) is 8. The molecule has 0 spiro atoms. The third-order valence-electron chi connectivity index (χ3n) is 4.58. The van der Waals surface area contributed by atoms with E-state index in [2.05, 4.69) is 41.6 Å². The molecule has 9 nitrogen and oxygen atoms in total. The van der Waals surface area contributed by atoms with Crippen LogP contribution >= 0.6 is 27.7 Å². The zero-order valence-corrected chi connectivity index (χ0v) is 20.3. The number of phenols is 1. The summed E-state index contributed by atoms with van der Waals surface area (Å²) in [4.78, 5) is 16.5. The predicted molar refractivity (Wildman–Crippen MR) is 133 cm³/mol. The number of nitrogens with one attached hydrogen (secondary N) is 1. The lowest BCUT2D eigenvalue weighted by Gasteiger charge is -2.10. The second-order valence-corrected chi connectivity index (χ2v) is 8.73. The molecule has 4 aromatic rings. The molecule has 0 aliphatic rings. The Hall–Kier alpha value is -3.70. The summed E-state index contributed by atoms with van der Waals surface area (Å²) in [7, 11) is 1.46. The van der Waals surface area contributed by atoms with Crippen molar-refractivity contribution in [3.05, 3.63) is 77.0 Å². The summed E-state index contributed by atoms with van der Waals surface area (Å²) in [5.41, 5.74) is 4.82. The number of hydrazone groups is 1. The fraction of sp³-hybridized carbons (Fsp3) is 0.0870. The van der Waals surface area contributed by atoms with Gasteiger partial charge < -0.3 is 9.84 Å². The SMILES string of the molecule is COc1cc(/C=N/NC(=O)CSc2nnc(-c3cccnc3)n2-c2ccc(Br)cc2)ccc1O. The number of rotatable bonds is 8. The summed E-state index contributed by atoms with van der Waals surface area (Å²) >= 11 is 4.69. The Balaban J connectivity index is 1.48. The lowest BCUT2D eigenvalue weighted by atomic mass is 10.2. The lowest BCUT2D eigenvalue weighted by Crippen LogP contribution is -2.20. The maximum absolute atomic E-state index is 12.4. The molecule has 0 atom stereocenters. The molecule has 1 amide bonds. The van der Waals surface area contributed by atoms with Gasteiger partial charge in [0.25, 0.3) is 5.91 Å². The van der Waals surface area contributed by atoms with Gasteiger partial charge in [0.2, 0.25) is 0 Å². The standard InChI is InChI=1S/C23H19BrN6O3S/c1-33-20-11-15(4-9-19(20)31)12-26-27-21(32)14-34-23-29-28-22(16-3-2-10-25-13-16)30(23)18-7-5-17(24)6-8-18/h2-13,31H,14H2,1H3,(H,27,32)/b26-12+. The van der Waals surface area contributed by atoms with E-state index in [0.29, 0.717) is 22.3 Å². The van der Waals surface area contributed by atoms with E-state index in [1.54, 1.807) is 24.5 Å². The molecule has 0 aliphatic carbocycles. The number of carbonyl (C=O) groups excluding carboxylic acids is 1. The summed E-state index contributed by atoms with van der Waals surface area (Å²) in [5, 5.41) is 22.8. The maximum Gasteiger partial charge on any atom is 0.250 e. The van der Waals surface area contributed by atoms with E-state index >= 15 is 0 Å². The van der Waals surface area contributed by atoms with Crippen LogP contribution in [0.4, 0.5) is 0 Å². The van der Waals surface area contributed by atoms with E-state index in [1.807, 2.05) is 41.0 Å². The number of nitrogens with zero attached hydrogens (tertiary/aromatic N) is 5. The number of halogens is 1. The Morgan fingerprint density at radius 2 is 2.06 bits per heavy atom. The van der Waals surface area contributed by atoms with Crippen LogP contribution in [0.5, 0.6) is 11.5 Å². The average molecular weight is 539 g/mol. The van der Waals surface area contributed by atoms with Crippen LogP contribution < -0.4 is 10.2 Å². The van der Waals surface area contributed by atoms with Gasteiger partial charge in [-0.2, -0.15) is 5.10 Å². The van der Waals surface area contributed by atoms with Crippen LogP contribution in [0.25, 0.3) is 17.1 Å². The molecule has 2 heterocycles. The molecule has 0 aliphatic heterocycles. The average Bonchev–Trinajstić information content (AvgIpc) is 3.29. The van der Waals surface area contributed by atoms with Gasteiger partial charge in [0.15, 0.2) is 22.5 Å². The van der Waals surface area contributed by atoms with Gasteiger partial charge in [0.1, 0.15) is 0 Å². The molecule has 4 rings (SSSR count). The second-order valence-electron chi connectivity index (χ2n) is 6.87. The van der Waals surface area contributed by atoms with Gasteiger partial charge in [-0.05, 0) is 60.2 Å². The summed E-state index contributed by atoms with van der Waals surface area (Å²) in [5.74, 6) is 0.749. The molecule has 0 saturated carbocycles. The fourth-order valence-electron chi connectivity index (χ4n) is 2.98. The number of phenolic OH excluding ortho intramolecular Hbond substituents is 1. The number of methoxy groups -OCH3 is 1. The van der Waals surface area contributed by atoms with E-state index in [1.165, 1.54) is 31.2 Å². The first kappa shape index (κ1) is 23.5. The van der Waals surface area contributed by atoms with Crippen LogP contribution in [0, 0.1) is 0 Å². The quantitative estimate of drug-likeness (QED) is 0.197. The minimum absolute atomic E-state index is 0.0284. The highest BCUT2D eigenvalue weighted by Gasteiger charge is 2.17. The number of amides is 1. The molecular formula is C23H19BrN6O3S. The lowest BCUT2D eigenvalue weighted by molar-refractivity contribution is -0.118. The highest BCUT2D eigenvalue weighted by Crippen LogP contribution is 2.28. The molecule has 11 heteroatoms. The number of hydrogen-bond donors (Lipinski definition) is 2. The second kappa shape index (κ2) is 10.9. The number of aromatic hydroxyl groups is 1. The number of ether oxygens (including phenoxy) is 1. The van der Waals surface area contributed by atoms with Crippen molar-refractivity contribution in [2.75, 3.05) is 12.9 Å². The van der Waals surface area contributed by atoms with Crippen molar-refractivity contribution in [2.24, 2.45) is 5.10 Å². The molecule has 0 bridgehead atoms. The van der Waals surface area contributed by atoms with Gasteiger partial charge in [-0.15, -0.1) is 10.2 Å². The van der Waals surface area contributed by atoms with E-state index < -0.39 is 0 Å². The summed E-state index contributed by atoms with van der Waals surface area (Å²) in [6.45, 7) is 0. The first-order valence-corrected chi connectivity index (χ1v) is 11.8. The predicted octanol–water partition coefficient (Wildman–Crippen LogP) is 4.05. The van der Waals surface area contributed by atoms with Gasteiger partial charge >= 0.3 is 0 Å². The molecular weight excluding hydrogens is 520 g/mol. The molecule has 2 N–H and O–H groups in total. The first-order chi connectivity index (χ1) is 16.5. The third kappa shape index (κ3) is 5.61. The summed E-state index contributed by atoms with van der Waals surface area (Å²) in [6, 6.07) is 16.2. The van der Waals surface area contributed by atoms with E-state index in [9.17, 15) is 9.90 Å². The molecule has 2 aromatic carbocycles. The van der Waals surface area contributed by atoms with E-state index in [4.69, 9.17) is 4.74 Å². The first-order valence-electron chi connectivity index (χ1n) is 9.98. The van der Waals surface area contributed by atoms with Crippen molar-refractivity contribution < 1.29 is 14.6 Å². The third-order valence-corrected chi connectivity index (χ3v) is 6.03. The molecule has 2 aromatic heterocycles. The van der Waals surface area contributed by atoms with Crippen molar-refractivity contribution >= 4 is 39.8 Å². The number of aromatic nitrogens is 4. The van der Waals surface area contributed by atoms with Crippen LogP contribution in [-0.4, -0.2) is 49.8 Å². The van der Waals surface area contributed by atoms with E-state index in [0.717, 1.165) is 15.7 Å². The fourth-order valence-corrected chi connectivity index (χ4v) is 3.99. The molecule has 0 unspecified atom stereocenters. The molecule has 34 heavy (non-hydrogen) atoms. The van der Waals surface area contributed by atoms with Gasteiger partial charge in [0.05, 0.1) is 19.1 Å². The molecule has 0 radical (unpaired) electrons. The normalized spacial score (nSPS) is 11.0. The van der Waals surface area contributed by atoms with Crippen molar-refractivity contribution in [2.45, 2.75) is 5.16 Å². The minimum atomic E-state index is -0.305. The van der Waals surface area contributed by atoms with Crippen molar-refractivity contribution in [3.63, 3.8) is 0 Å². The smallest absolute Gasteiger partial charge is 0.250 e. The van der Waals surface area contributed by atoms with Crippen LogP contribution in [0.2, 0.25) is 0 Å². The molecule has 0 fully saturated rings. The Bertz CT molecular complexity index is 1310. The van der Waals surface area contributed by atoms with Crippen LogP contribution in [0.15, 0.2) is 81.7 Å². The van der Waals surface area contributed by atoms with Crippen LogP contribution in [0.1, 0.15) is 5.56 Å². The maximum atomic E-state index is 12.4. The Labute approximate surface area is 208 Å². The topological polar surface area (TPSA) is 115 Å². The van der Waals surface area contributed by atoms with Gasteiger partial charge in [0, 0.05) is 28.1 Å². The van der Waals surface area contributed by atoms with E-state index in [-0.39, 0.29) is 17.4 Å². The molecule has 172 valence electrons. The van der Waals surface area contributed by atoms with Crippen molar-refractivity contribution in [1.82, 2.24) is 25.2 Å². The number of thioether (sulfide) groups is 1. The zero-order chi connectivity index (χ0) is 23.9. The summed E-state index contributed by atoms with van der Waals surface area (Å²) in [6.07, 6.45) is 4.88. The van der Waals surface area contributed by atoms with Gasteiger partial charge in [-0.1, -0.05) is 27.7 Å². The van der Waals surface area contributed by atoms with Crippen LogP contribution in [-0.2, 0) is 4.79 Å². The Morgan fingerprint density at radius 3 is 2.79 bits per heavy atom. The van der Waals surface area contributed by atoms with Crippen molar-refractivity contribution in [1.29, 1.82) is 0 Å². The largest absolute Gasteiger partial charge is 0.504 e. The number of carbonyl (C=O) groups is 1. The summed E-state index contributed by atoms with van der Waals surface area (Å²) < 4.78 is 7.90. The molecule has 0 saturated heterocycles. The number of pyridine rings is 1. The highest BCUT2D eigenvalue weighted by molar-refractivity contribution is 9.10. The van der Waals surface area contributed by atoms with Gasteiger partial charge in [-0.25, -0.2) is 5.43 Å². The van der Waals surface area contributed by atoms with Gasteiger partial charge in [-0.3, -0.25) is 14.3 Å².